The molecule has 2 rings (SSSR count). The molecule has 0 aromatic carbocycles. The second-order valence-corrected chi connectivity index (χ2v) is 7.59. The summed E-state index contributed by atoms with van der Waals surface area (Å²) in [7, 11) is 0. The average Bonchev–Trinajstić information content (AvgIpc) is 2.96. The van der Waals surface area contributed by atoms with Gasteiger partial charge >= 0.3 is 6.09 Å². The molecule has 0 spiro atoms. The molecule has 1 saturated heterocycles. The predicted octanol–water partition coefficient (Wildman–Crippen LogP) is 2.84. The second-order valence-electron chi connectivity index (χ2n) is 7.59. The third kappa shape index (κ3) is 6.13. The van der Waals surface area contributed by atoms with Gasteiger partial charge in [-0.05, 0) is 52.4 Å². The van der Waals surface area contributed by atoms with Crippen molar-refractivity contribution in [2.24, 2.45) is 5.92 Å². The van der Waals surface area contributed by atoms with Crippen LogP contribution in [0.4, 0.5) is 4.79 Å². The molecular formula is C17H32N2O3. The van der Waals surface area contributed by atoms with Gasteiger partial charge in [0, 0.05) is 31.8 Å². The molecule has 1 amide bonds. The largest absolute Gasteiger partial charge is 0.444 e. The number of rotatable bonds is 5. The van der Waals surface area contributed by atoms with E-state index in [1.54, 1.807) is 0 Å². The van der Waals surface area contributed by atoms with E-state index in [4.69, 9.17) is 9.47 Å². The summed E-state index contributed by atoms with van der Waals surface area (Å²) in [6.45, 7) is 8.00. The lowest BCUT2D eigenvalue weighted by Gasteiger charge is -2.32. The lowest BCUT2D eigenvalue weighted by Crippen LogP contribution is -2.50. The molecule has 1 aliphatic carbocycles. The number of hydrogen-bond acceptors (Lipinski definition) is 4. The Morgan fingerprint density at radius 2 is 1.82 bits per heavy atom. The maximum absolute atomic E-state index is 11.9. The van der Waals surface area contributed by atoms with Gasteiger partial charge in [-0.2, -0.15) is 0 Å². The van der Waals surface area contributed by atoms with Gasteiger partial charge in [0.05, 0.1) is 0 Å². The summed E-state index contributed by atoms with van der Waals surface area (Å²) in [5, 5.41) is 6.72. The standard InChI is InChI=1S/C17H32N2O3/c1-17(2,3)22-16(20)18-12-15(13-6-4-5-7-13)19-14-8-10-21-11-9-14/h13-15,19H,4-12H2,1-3H3,(H,18,20). The summed E-state index contributed by atoms with van der Waals surface area (Å²) >= 11 is 0. The van der Waals surface area contributed by atoms with Gasteiger partial charge < -0.3 is 20.1 Å². The van der Waals surface area contributed by atoms with Gasteiger partial charge in [0.25, 0.3) is 0 Å². The van der Waals surface area contributed by atoms with Crippen molar-refractivity contribution in [3.8, 4) is 0 Å². The molecule has 2 fully saturated rings. The third-order valence-corrected chi connectivity index (χ3v) is 4.51. The van der Waals surface area contributed by atoms with Crippen LogP contribution in [0.5, 0.6) is 0 Å². The zero-order valence-electron chi connectivity index (χ0n) is 14.3. The highest BCUT2D eigenvalue weighted by atomic mass is 16.6. The molecule has 2 N–H and O–H groups in total. The van der Waals surface area contributed by atoms with Gasteiger partial charge in [0.2, 0.25) is 0 Å². The predicted molar refractivity (Wildman–Crippen MR) is 87.0 cm³/mol. The quantitative estimate of drug-likeness (QED) is 0.819. The van der Waals surface area contributed by atoms with Crippen molar-refractivity contribution in [1.82, 2.24) is 10.6 Å². The average molecular weight is 312 g/mol. The van der Waals surface area contributed by atoms with Crippen LogP contribution in [0, 0.1) is 5.92 Å². The van der Waals surface area contributed by atoms with E-state index in [0.717, 1.165) is 26.1 Å². The molecular weight excluding hydrogens is 280 g/mol. The minimum Gasteiger partial charge on any atom is -0.444 e. The van der Waals surface area contributed by atoms with Crippen molar-refractivity contribution in [2.75, 3.05) is 19.8 Å². The molecule has 0 aromatic heterocycles. The molecule has 1 heterocycles. The molecule has 2 aliphatic rings. The molecule has 1 aliphatic heterocycles. The first-order chi connectivity index (χ1) is 10.4. The van der Waals surface area contributed by atoms with Crippen molar-refractivity contribution in [3.63, 3.8) is 0 Å². The lowest BCUT2D eigenvalue weighted by molar-refractivity contribution is 0.0504. The number of hydrogen-bond donors (Lipinski definition) is 2. The summed E-state index contributed by atoms with van der Waals surface area (Å²) in [4.78, 5) is 11.9. The van der Waals surface area contributed by atoms with E-state index in [0.29, 0.717) is 24.5 Å². The maximum atomic E-state index is 11.9. The molecule has 0 radical (unpaired) electrons. The normalized spacial score (nSPS) is 22.5. The van der Waals surface area contributed by atoms with Crippen LogP contribution in [-0.4, -0.2) is 43.5 Å². The Kier molecular flexibility index (Phi) is 6.50. The van der Waals surface area contributed by atoms with Crippen LogP contribution in [0.2, 0.25) is 0 Å². The molecule has 22 heavy (non-hydrogen) atoms. The highest BCUT2D eigenvalue weighted by molar-refractivity contribution is 5.67. The molecule has 1 unspecified atom stereocenters. The zero-order chi connectivity index (χ0) is 16.0. The summed E-state index contributed by atoms with van der Waals surface area (Å²) in [6.07, 6.45) is 6.95. The van der Waals surface area contributed by atoms with Crippen LogP contribution >= 0.6 is 0 Å². The Morgan fingerprint density at radius 1 is 1.18 bits per heavy atom. The van der Waals surface area contributed by atoms with Gasteiger partial charge in [-0.15, -0.1) is 0 Å². The van der Waals surface area contributed by atoms with E-state index in [1.165, 1.54) is 25.7 Å². The van der Waals surface area contributed by atoms with E-state index in [2.05, 4.69) is 10.6 Å². The number of carbonyl (C=O) groups is 1. The highest BCUT2D eigenvalue weighted by Gasteiger charge is 2.28. The summed E-state index contributed by atoms with van der Waals surface area (Å²) in [6, 6.07) is 0.859. The van der Waals surface area contributed by atoms with Crippen molar-refractivity contribution in [1.29, 1.82) is 0 Å². The number of nitrogens with one attached hydrogen (secondary N) is 2. The molecule has 1 saturated carbocycles. The minimum atomic E-state index is -0.443. The van der Waals surface area contributed by atoms with Gasteiger partial charge in [-0.1, -0.05) is 12.8 Å². The van der Waals surface area contributed by atoms with Gasteiger partial charge in [0.1, 0.15) is 5.60 Å². The lowest BCUT2D eigenvalue weighted by atomic mass is 9.96. The number of carbonyl (C=O) groups excluding carboxylic acids is 1. The first kappa shape index (κ1) is 17.5. The first-order valence-corrected chi connectivity index (χ1v) is 8.75. The Balaban J connectivity index is 1.82. The molecule has 128 valence electrons. The van der Waals surface area contributed by atoms with Crippen LogP contribution < -0.4 is 10.6 Å². The Hall–Kier alpha value is -0.810. The molecule has 0 aromatic rings. The maximum Gasteiger partial charge on any atom is 0.407 e. The van der Waals surface area contributed by atoms with Gasteiger partial charge in [-0.3, -0.25) is 0 Å². The summed E-state index contributed by atoms with van der Waals surface area (Å²) in [5.41, 5.74) is -0.443. The molecule has 5 nitrogen and oxygen atoms in total. The summed E-state index contributed by atoms with van der Waals surface area (Å²) in [5.74, 6) is 0.665. The Morgan fingerprint density at radius 3 is 2.41 bits per heavy atom. The van der Waals surface area contributed by atoms with E-state index in [1.807, 2.05) is 20.8 Å². The minimum absolute atomic E-state index is 0.315. The highest BCUT2D eigenvalue weighted by Crippen LogP contribution is 2.28. The van der Waals surface area contributed by atoms with Crippen molar-refractivity contribution in [3.05, 3.63) is 0 Å². The van der Waals surface area contributed by atoms with E-state index >= 15 is 0 Å². The van der Waals surface area contributed by atoms with Crippen LogP contribution in [0.25, 0.3) is 0 Å². The number of amides is 1. The van der Waals surface area contributed by atoms with E-state index in [-0.39, 0.29) is 6.09 Å². The fraction of sp³-hybridized carbons (Fsp3) is 0.941. The van der Waals surface area contributed by atoms with Crippen LogP contribution in [-0.2, 0) is 9.47 Å². The molecule has 5 heteroatoms. The summed E-state index contributed by atoms with van der Waals surface area (Å²) < 4.78 is 10.8. The molecule has 1 atom stereocenters. The van der Waals surface area contributed by atoms with Gasteiger partial charge in [-0.25, -0.2) is 4.79 Å². The van der Waals surface area contributed by atoms with Crippen LogP contribution in [0.15, 0.2) is 0 Å². The van der Waals surface area contributed by atoms with Crippen LogP contribution in [0.3, 0.4) is 0 Å². The Labute approximate surface area is 134 Å². The smallest absolute Gasteiger partial charge is 0.407 e. The Bertz CT molecular complexity index is 342. The fourth-order valence-electron chi connectivity index (χ4n) is 3.40. The SMILES string of the molecule is CC(C)(C)OC(=O)NCC(NC1CCOCC1)C1CCCC1. The number of ether oxygens (including phenoxy) is 2. The van der Waals surface area contributed by atoms with E-state index in [9.17, 15) is 4.79 Å². The van der Waals surface area contributed by atoms with Crippen LogP contribution in [0.1, 0.15) is 59.3 Å². The van der Waals surface area contributed by atoms with Crippen molar-refractivity contribution in [2.45, 2.75) is 77.0 Å². The first-order valence-electron chi connectivity index (χ1n) is 8.75. The van der Waals surface area contributed by atoms with Crippen molar-refractivity contribution < 1.29 is 14.3 Å². The molecule has 0 bridgehead atoms. The van der Waals surface area contributed by atoms with E-state index < -0.39 is 5.60 Å². The second kappa shape index (κ2) is 8.16. The topological polar surface area (TPSA) is 59.6 Å². The monoisotopic (exact) mass is 312 g/mol. The third-order valence-electron chi connectivity index (χ3n) is 4.51. The fourth-order valence-corrected chi connectivity index (χ4v) is 3.40. The number of alkyl carbamates (subject to hydrolysis) is 1. The zero-order valence-corrected chi connectivity index (χ0v) is 14.3. The van der Waals surface area contributed by atoms with Crippen molar-refractivity contribution >= 4 is 6.09 Å². The van der Waals surface area contributed by atoms with Gasteiger partial charge in [0.15, 0.2) is 0 Å².